The Balaban J connectivity index is 1.33. The summed E-state index contributed by atoms with van der Waals surface area (Å²) in [5.41, 5.74) is 1.15. The SMILES string of the molecule is Cc1nn(Cc2ccc(C(=O)NCC3CC3(F)F)cc2)c(C)c1NC(=O)c1cc(C(F)(F)F)nc2ccc(Br)cc12. The molecule has 7 nitrogen and oxygen atoms in total. The summed E-state index contributed by atoms with van der Waals surface area (Å²) in [6, 6.07) is 11.8. The van der Waals surface area contributed by atoms with Crippen LogP contribution in [0, 0.1) is 19.8 Å². The lowest BCUT2D eigenvalue weighted by Crippen LogP contribution is -2.26. The summed E-state index contributed by atoms with van der Waals surface area (Å²) in [5, 5.41) is 9.94. The number of anilines is 1. The molecule has 2 aromatic carbocycles. The van der Waals surface area contributed by atoms with Crippen LogP contribution >= 0.6 is 15.9 Å². The summed E-state index contributed by atoms with van der Waals surface area (Å²) < 4.78 is 68.8. The zero-order valence-electron chi connectivity index (χ0n) is 21.7. The van der Waals surface area contributed by atoms with Crippen molar-refractivity contribution in [2.45, 2.75) is 38.9 Å². The second-order valence-corrected chi connectivity index (χ2v) is 10.9. The van der Waals surface area contributed by atoms with Crippen molar-refractivity contribution in [3.05, 3.63) is 86.8 Å². The molecule has 0 spiro atoms. The highest BCUT2D eigenvalue weighted by Gasteiger charge is 2.56. The predicted molar refractivity (Wildman–Crippen MR) is 145 cm³/mol. The van der Waals surface area contributed by atoms with Gasteiger partial charge in [0, 0.05) is 34.3 Å². The van der Waals surface area contributed by atoms with Crippen molar-refractivity contribution in [3.63, 3.8) is 0 Å². The van der Waals surface area contributed by atoms with Crippen molar-refractivity contribution in [1.29, 1.82) is 0 Å². The first-order valence-electron chi connectivity index (χ1n) is 12.5. The van der Waals surface area contributed by atoms with E-state index in [0.29, 0.717) is 27.1 Å². The molecule has 1 aliphatic rings. The van der Waals surface area contributed by atoms with Crippen molar-refractivity contribution in [1.82, 2.24) is 20.1 Å². The fraction of sp³-hybridized carbons (Fsp3) is 0.286. The molecule has 2 amide bonds. The normalized spacial score (nSPS) is 16.0. The number of carbonyl (C=O) groups is 2. The van der Waals surface area contributed by atoms with Gasteiger partial charge in [0.25, 0.3) is 17.7 Å². The van der Waals surface area contributed by atoms with Gasteiger partial charge >= 0.3 is 6.18 Å². The highest BCUT2D eigenvalue weighted by atomic mass is 79.9. The molecular formula is C28H23BrF5N5O2. The smallest absolute Gasteiger partial charge is 0.352 e. The predicted octanol–water partition coefficient (Wildman–Crippen LogP) is 6.52. The first-order valence-corrected chi connectivity index (χ1v) is 13.3. The van der Waals surface area contributed by atoms with Gasteiger partial charge in [-0.05, 0) is 55.8 Å². The lowest BCUT2D eigenvalue weighted by molar-refractivity contribution is -0.141. The molecule has 1 unspecified atom stereocenters. The van der Waals surface area contributed by atoms with Crippen molar-refractivity contribution in [2.75, 3.05) is 11.9 Å². The van der Waals surface area contributed by atoms with Gasteiger partial charge in [-0.1, -0.05) is 28.1 Å². The fourth-order valence-electron chi connectivity index (χ4n) is 4.49. The van der Waals surface area contributed by atoms with E-state index in [1.54, 1.807) is 48.9 Å². The second kappa shape index (κ2) is 10.5. The largest absolute Gasteiger partial charge is 0.433 e. The van der Waals surface area contributed by atoms with E-state index in [0.717, 1.165) is 11.6 Å². The van der Waals surface area contributed by atoms with Crippen molar-refractivity contribution >= 4 is 44.3 Å². The summed E-state index contributed by atoms with van der Waals surface area (Å²) in [6.45, 7) is 3.58. The highest BCUT2D eigenvalue weighted by molar-refractivity contribution is 9.10. The first-order chi connectivity index (χ1) is 19.2. The maximum Gasteiger partial charge on any atom is 0.433 e. The Morgan fingerprint density at radius 3 is 2.39 bits per heavy atom. The number of nitrogens with one attached hydrogen (secondary N) is 2. The summed E-state index contributed by atoms with van der Waals surface area (Å²) >= 11 is 3.29. The molecule has 5 rings (SSSR count). The number of halogens is 6. The lowest BCUT2D eigenvalue weighted by atomic mass is 10.1. The molecule has 41 heavy (non-hydrogen) atoms. The Bertz CT molecular complexity index is 1670. The number of rotatable bonds is 7. The van der Waals surface area contributed by atoms with Crippen LogP contribution in [0.4, 0.5) is 27.6 Å². The number of amides is 2. The molecule has 0 bridgehead atoms. The van der Waals surface area contributed by atoms with Crippen LogP contribution in [0.15, 0.2) is 53.0 Å². The molecule has 2 aromatic heterocycles. The molecule has 0 aliphatic heterocycles. The maximum absolute atomic E-state index is 13.5. The summed E-state index contributed by atoms with van der Waals surface area (Å²) in [6.07, 6.45) is -4.96. The van der Waals surface area contributed by atoms with Crippen LogP contribution in [0.1, 0.15) is 49.8 Å². The Morgan fingerprint density at radius 2 is 1.76 bits per heavy atom. The minimum atomic E-state index is -4.74. The molecule has 1 atom stereocenters. The van der Waals surface area contributed by atoms with E-state index < -0.39 is 35.5 Å². The van der Waals surface area contributed by atoms with Gasteiger partial charge in [-0.3, -0.25) is 14.3 Å². The number of carbonyl (C=O) groups excluding carboxylic acids is 2. The lowest BCUT2D eigenvalue weighted by Gasteiger charge is -2.13. The van der Waals surface area contributed by atoms with Crippen LogP contribution in [0.2, 0.25) is 0 Å². The van der Waals surface area contributed by atoms with Gasteiger partial charge < -0.3 is 10.6 Å². The van der Waals surface area contributed by atoms with E-state index >= 15 is 0 Å². The zero-order valence-corrected chi connectivity index (χ0v) is 23.3. The molecule has 4 aromatic rings. The molecular weight excluding hydrogens is 613 g/mol. The molecule has 0 radical (unpaired) electrons. The van der Waals surface area contributed by atoms with E-state index in [1.807, 2.05) is 0 Å². The first kappa shape index (κ1) is 28.7. The molecule has 2 N–H and O–H groups in total. The number of pyridine rings is 1. The van der Waals surface area contributed by atoms with Crippen molar-refractivity contribution in [2.24, 2.45) is 5.92 Å². The number of benzene rings is 2. The van der Waals surface area contributed by atoms with Crippen LogP contribution in [-0.2, 0) is 12.7 Å². The third-order valence-electron chi connectivity index (χ3n) is 6.94. The average Bonchev–Trinajstić information content (AvgIpc) is 3.45. The minimum absolute atomic E-state index is 0.0277. The second-order valence-electron chi connectivity index (χ2n) is 9.94. The number of aryl methyl sites for hydroxylation is 1. The van der Waals surface area contributed by atoms with Gasteiger partial charge in [-0.25, -0.2) is 13.8 Å². The van der Waals surface area contributed by atoms with Gasteiger partial charge in [-0.2, -0.15) is 18.3 Å². The average molecular weight is 636 g/mol. The topological polar surface area (TPSA) is 88.9 Å². The fourth-order valence-corrected chi connectivity index (χ4v) is 4.85. The van der Waals surface area contributed by atoms with E-state index in [1.165, 1.54) is 12.1 Å². The Kier molecular flexibility index (Phi) is 7.35. The number of aromatic nitrogens is 3. The third kappa shape index (κ3) is 6.09. The van der Waals surface area contributed by atoms with Gasteiger partial charge in [-0.15, -0.1) is 0 Å². The van der Waals surface area contributed by atoms with E-state index in [-0.39, 0.29) is 36.0 Å². The Hall–Kier alpha value is -3.87. The molecule has 214 valence electrons. The molecule has 1 aliphatic carbocycles. The van der Waals surface area contributed by atoms with Crippen LogP contribution in [0.3, 0.4) is 0 Å². The molecule has 13 heteroatoms. The Labute approximate surface area is 239 Å². The summed E-state index contributed by atoms with van der Waals surface area (Å²) in [5.74, 6) is -4.71. The highest BCUT2D eigenvalue weighted by Crippen LogP contribution is 2.48. The van der Waals surface area contributed by atoms with Crippen LogP contribution < -0.4 is 10.6 Å². The standard InChI is InChI=1S/C28H23BrF5N5O2/c1-14-24(37-26(41)21-10-23(28(32,33)34)36-22-8-7-19(29)9-20(21)22)15(2)39(38-14)13-16-3-5-17(6-4-16)25(40)35-12-18-11-27(18,30)31/h3-10,18H,11-13H2,1-2H3,(H,35,40)(H,37,41). The number of hydrogen-bond acceptors (Lipinski definition) is 4. The van der Waals surface area contributed by atoms with Gasteiger partial charge in [0.2, 0.25) is 0 Å². The van der Waals surface area contributed by atoms with E-state index in [2.05, 4.69) is 36.6 Å². The van der Waals surface area contributed by atoms with E-state index in [4.69, 9.17) is 0 Å². The summed E-state index contributed by atoms with van der Waals surface area (Å²) in [4.78, 5) is 29.2. The van der Waals surface area contributed by atoms with Crippen LogP contribution in [0.25, 0.3) is 10.9 Å². The Morgan fingerprint density at radius 1 is 1.07 bits per heavy atom. The molecule has 1 fully saturated rings. The third-order valence-corrected chi connectivity index (χ3v) is 7.43. The molecule has 0 saturated heterocycles. The maximum atomic E-state index is 13.5. The summed E-state index contributed by atoms with van der Waals surface area (Å²) in [7, 11) is 0. The van der Waals surface area contributed by atoms with Crippen LogP contribution in [-0.4, -0.2) is 39.0 Å². The quantitative estimate of drug-likeness (QED) is 0.227. The van der Waals surface area contributed by atoms with E-state index in [9.17, 15) is 31.5 Å². The van der Waals surface area contributed by atoms with Crippen molar-refractivity contribution < 1.29 is 31.5 Å². The number of nitrogens with zero attached hydrogens (tertiary/aromatic N) is 3. The van der Waals surface area contributed by atoms with Gasteiger partial charge in [0.15, 0.2) is 0 Å². The number of fused-ring (bicyclic) bond motifs is 1. The van der Waals surface area contributed by atoms with Gasteiger partial charge in [0.05, 0.1) is 34.7 Å². The molecule has 1 saturated carbocycles. The van der Waals surface area contributed by atoms with Gasteiger partial charge in [0.1, 0.15) is 5.69 Å². The molecule has 2 heterocycles. The minimum Gasteiger partial charge on any atom is -0.352 e. The van der Waals surface area contributed by atoms with Crippen LogP contribution in [0.5, 0.6) is 0 Å². The number of hydrogen-bond donors (Lipinski definition) is 2. The monoisotopic (exact) mass is 635 g/mol. The zero-order chi connectivity index (χ0) is 29.7. The van der Waals surface area contributed by atoms with Crippen molar-refractivity contribution in [3.8, 4) is 0 Å². The number of alkyl halides is 5.